The first-order valence-electron chi connectivity index (χ1n) is 27.9. The molecule has 0 aliphatic heterocycles. The van der Waals surface area contributed by atoms with E-state index in [1.807, 2.05) is 0 Å². The number of aliphatic hydroxyl groups excluding tert-OH is 2. The summed E-state index contributed by atoms with van der Waals surface area (Å²) in [7, 11) is 0. The number of esters is 1. The minimum Gasteiger partial charge on any atom is -0.462 e. The van der Waals surface area contributed by atoms with Crippen LogP contribution in [0.2, 0.25) is 0 Å². The van der Waals surface area contributed by atoms with Gasteiger partial charge >= 0.3 is 5.97 Å². The molecule has 0 saturated heterocycles. The van der Waals surface area contributed by atoms with E-state index in [9.17, 15) is 19.8 Å². The van der Waals surface area contributed by atoms with E-state index in [1.165, 1.54) is 212 Å². The number of carbonyl (C=O) groups is 2. The van der Waals surface area contributed by atoms with Crippen molar-refractivity contribution in [1.82, 2.24) is 5.32 Å². The smallest absolute Gasteiger partial charge is 0.306 e. The molecule has 0 aromatic heterocycles. The van der Waals surface area contributed by atoms with Crippen LogP contribution in [0.4, 0.5) is 0 Å². The Morgan fingerprint density at radius 1 is 0.452 bits per heavy atom. The first kappa shape index (κ1) is 60.6. The van der Waals surface area contributed by atoms with Gasteiger partial charge in [0, 0.05) is 6.42 Å². The van der Waals surface area contributed by atoms with E-state index in [0.717, 1.165) is 51.4 Å². The molecule has 0 aliphatic carbocycles. The molecule has 3 N–H and O–H groups in total. The number of unbranched alkanes of at least 4 members (excludes halogenated alkanes) is 37. The van der Waals surface area contributed by atoms with E-state index >= 15 is 0 Å². The first-order valence-corrected chi connectivity index (χ1v) is 27.9. The lowest BCUT2D eigenvalue weighted by atomic mass is 10.0. The molecule has 1 amide bonds. The van der Waals surface area contributed by atoms with Crippen LogP contribution in [0.25, 0.3) is 0 Å². The van der Waals surface area contributed by atoms with Crippen LogP contribution in [0.15, 0.2) is 12.2 Å². The maximum absolute atomic E-state index is 13.2. The van der Waals surface area contributed by atoms with E-state index in [-0.39, 0.29) is 24.9 Å². The van der Waals surface area contributed by atoms with Crippen molar-refractivity contribution >= 4 is 11.9 Å². The molecular formula is C56H109NO5. The molecule has 0 radical (unpaired) electrons. The standard InChI is InChI=1S/C56H109NO5/c1-4-7-10-13-16-19-22-25-27-28-31-34-37-40-43-46-49-56(61)62-52(47-44-41-38-35-32-30-26-23-20-17-14-11-8-5-2)50-55(60)57-53(51-58)54(59)48-45-42-39-36-33-29-24-21-18-15-12-9-6-3/h27-28,52-54,58-59H,4-26,29-51H2,1-3H3,(H,57,60)/b28-27+. The SMILES string of the molecule is CCCCCCCCC/C=C/CCCCCCCC(=O)OC(CCCCCCCCCCCCCCCC)CC(=O)NC(CO)C(O)CCCCCCCCCCCCCCC. The van der Waals surface area contributed by atoms with Crippen LogP contribution in [0.3, 0.4) is 0 Å². The number of hydrogen-bond acceptors (Lipinski definition) is 5. The molecule has 0 spiro atoms. The van der Waals surface area contributed by atoms with Crippen molar-refractivity contribution in [2.75, 3.05) is 6.61 Å². The summed E-state index contributed by atoms with van der Waals surface area (Å²) in [6, 6.07) is -0.696. The van der Waals surface area contributed by atoms with E-state index in [1.54, 1.807) is 0 Å². The van der Waals surface area contributed by atoms with Crippen molar-refractivity contribution in [1.29, 1.82) is 0 Å². The largest absolute Gasteiger partial charge is 0.462 e. The summed E-state index contributed by atoms with van der Waals surface area (Å²) in [5, 5.41) is 23.8. The van der Waals surface area contributed by atoms with Gasteiger partial charge in [-0.05, 0) is 51.4 Å². The molecule has 0 bridgehead atoms. The summed E-state index contributed by atoms with van der Waals surface area (Å²) in [6.07, 6.45) is 57.0. The van der Waals surface area contributed by atoms with Gasteiger partial charge in [0.2, 0.25) is 5.91 Å². The minimum atomic E-state index is -0.783. The zero-order valence-corrected chi connectivity index (χ0v) is 42.0. The summed E-state index contributed by atoms with van der Waals surface area (Å²) in [6.45, 7) is 6.51. The second-order valence-corrected chi connectivity index (χ2v) is 19.3. The van der Waals surface area contributed by atoms with Gasteiger partial charge in [0.1, 0.15) is 6.10 Å². The van der Waals surface area contributed by atoms with Gasteiger partial charge in [0.15, 0.2) is 0 Å². The average Bonchev–Trinajstić information content (AvgIpc) is 3.26. The summed E-state index contributed by atoms with van der Waals surface area (Å²) in [4.78, 5) is 26.2. The number of carbonyl (C=O) groups excluding carboxylic acids is 2. The molecule has 0 aromatic rings. The Bertz CT molecular complexity index is 939. The number of nitrogens with one attached hydrogen (secondary N) is 1. The number of ether oxygens (including phenoxy) is 1. The van der Waals surface area contributed by atoms with Crippen molar-refractivity contribution in [2.45, 2.75) is 328 Å². The average molecular weight is 876 g/mol. The van der Waals surface area contributed by atoms with Crippen LogP contribution in [0, 0.1) is 0 Å². The molecule has 6 heteroatoms. The minimum absolute atomic E-state index is 0.0820. The molecule has 0 heterocycles. The summed E-state index contributed by atoms with van der Waals surface area (Å²) >= 11 is 0. The monoisotopic (exact) mass is 876 g/mol. The second kappa shape index (κ2) is 50.6. The van der Waals surface area contributed by atoms with Crippen LogP contribution in [-0.2, 0) is 14.3 Å². The number of allylic oxidation sites excluding steroid dienone is 2. The summed E-state index contributed by atoms with van der Waals surface area (Å²) < 4.78 is 5.95. The highest BCUT2D eigenvalue weighted by Gasteiger charge is 2.24. The molecule has 0 aromatic carbocycles. The topological polar surface area (TPSA) is 95.9 Å². The Hall–Kier alpha value is -1.40. The van der Waals surface area contributed by atoms with Crippen molar-refractivity contribution in [3.8, 4) is 0 Å². The number of aliphatic hydroxyl groups is 2. The van der Waals surface area contributed by atoms with Crippen LogP contribution in [0.1, 0.15) is 310 Å². The Morgan fingerprint density at radius 3 is 1.15 bits per heavy atom. The maximum atomic E-state index is 13.2. The van der Waals surface area contributed by atoms with Crippen molar-refractivity contribution in [3.05, 3.63) is 12.2 Å². The molecule has 0 fully saturated rings. The highest BCUT2D eigenvalue weighted by molar-refractivity contribution is 5.77. The molecular weight excluding hydrogens is 767 g/mol. The molecule has 0 aliphatic rings. The van der Waals surface area contributed by atoms with Gasteiger partial charge in [0.05, 0.1) is 25.2 Å². The third-order valence-electron chi connectivity index (χ3n) is 13.1. The third-order valence-corrected chi connectivity index (χ3v) is 13.1. The van der Waals surface area contributed by atoms with E-state index in [2.05, 4.69) is 38.2 Å². The number of rotatable bonds is 51. The molecule has 0 rings (SSSR count). The van der Waals surface area contributed by atoms with Crippen LogP contribution in [-0.4, -0.2) is 46.9 Å². The summed E-state index contributed by atoms with van der Waals surface area (Å²) in [5.74, 6) is -0.462. The predicted molar refractivity (Wildman–Crippen MR) is 269 cm³/mol. The highest BCUT2D eigenvalue weighted by atomic mass is 16.5. The van der Waals surface area contributed by atoms with Gasteiger partial charge < -0.3 is 20.3 Å². The van der Waals surface area contributed by atoms with E-state index < -0.39 is 18.2 Å². The maximum Gasteiger partial charge on any atom is 0.306 e. The van der Waals surface area contributed by atoms with Gasteiger partial charge in [-0.2, -0.15) is 0 Å². The summed E-state index contributed by atoms with van der Waals surface area (Å²) in [5.41, 5.74) is 0. The molecule has 3 unspecified atom stereocenters. The van der Waals surface area contributed by atoms with E-state index in [4.69, 9.17) is 4.74 Å². The Kier molecular flexibility index (Phi) is 49.5. The molecule has 0 saturated carbocycles. The normalized spacial score (nSPS) is 13.2. The van der Waals surface area contributed by atoms with Crippen LogP contribution >= 0.6 is 0 Å². The Balaban J connectivity index is 4.53. The van der Waals surface area contributed by atoms with Gasteiger partial charge in [-0.3, -0.25) is 9.59 Å². The Morgan fingerprint density at radius 2 is 0.774 bits per heavy atom. The second-order valence-electron chi connectivity index (χ2n) is 19.3. The fourth-order valence-corrected chi connectivity index (χ4v) is 8.84. The molecule has 368 valence electrons. The van der Waals surface area contributed by atoms with Gasteiger partial charge in [0.25, 0.3) is 0 Å². The fraction of sp³-hybridized carbons (Fsp3) is 0.929. The third kappa shape index (κ3) is 45.2. The Labute approximate surface area is 387 Å². The lowest BCUT2D eigenvalue weighted by Gasteiger charge is -2.24. The van der Waals surface area contributed by atoms with E-state index in [0.29, 0.717) is 19.3 Å². The highest BCUT2D eigenvalue weighted by Crippen LogP contribution is 2.19. The zero-order valence-electron chi connectivity index (χ0n) is 42.0. The van der Waals surface area contributed by atoms with Crippen LogP contribution < -0.4 is 5.32 Å². The van der Waals surface area contributed by atoms with Gasteiger partial charge in [-0.1, -0.05) is 258 Å². The lowest BCUT2D eigenvalue weighted by Crippen LogP contribution is -2.46. The fourth-order valence-electron chi connectivity index (χ4n) is 8.84. The lowest BCUT2D eigenvalue weighted by molar-refractivity contribution is -0.151. The first-order chi connectivity index (χ1) is 30.5. The molecule has 6 nitrogen and oxygen atoms in total. The predicted octanol–water partition coefficient (Wildman–Crippen LogP) is 16.9. The molecule has 62 heavy (non-hydrogen) atoms. The van der Waals surface area contributed by atoms with Gasteiger partial charge in [-0.15, -0.1) is 0 Å². The number of hydrogen-bond donors (Lipinski definition) is 3. The van der Waals surface area contributed by atoms with Gasteiger partial charge in [-0.25, -0.2) is 0 Å². The quantitative estimate of drug-likeness (QED) is 0.0321. The van der Waals surface area contributed by atoms with Crippen molar-refractivity contribution in [2.24, 2.45) is 0 Å². The zero-order chi connectivity index (χ0) is 45.2. The van der Waals surface area contributed by atoms with Crippen molar-refractivity contribution in [3.63, 3.8) is 0 Å². The number of amides is 1. The molecule has 3 atom stereocenters. The van der Waals surface area contributed by atoms with Crippen LogP contribution in [0.5, 0.6) is 0 Å². The van der Waals surface area contributed by atoms with Crippen molar-refractivity contribution < 1.29 is 24.5 Å².